The Balaban J connectivity index is 3.08. The summed E-state index contributed by atoms with van der Waals surface area (Å²) in [4.78, 5) is 0. The van der Waals surface area contributed by atoms with E-state index in [0.29, 0.717) is 0 Å². The van der Waals surface area contributed by atoms with Crippen molar-refractivity contribution < 1.29 is 0 Å². The first-order valence-electron chi connectivity index (χ1n) is 2.73. The number of aryl methyl sites for hydroxylation is 2. The smallest absolute Gasteiger partial charge is 0.0179 e. The van der Waals surface area contributed by atoms with Gasteiger partial charge in [0.05, 0.1) is 0 Å². The summed E-state index contributed by atoms with van der Waals surface area (Å²) in [6, 6.07) is 9.12. The van der Waals surface area contributed by atoms with Gasteiger partial charge in [0.15, 0.2) is 0 Å². The summed E-state index contributed by atoms with van der Waals surface area (Å²) in [5.41, 5.74) is 2.56. The number of benzene rings is 1. The van der Waals surface area contributed by atoms with Crippen LogP contribution in [0, 0.1) is 19.9 Å². The average molecular weight is 105 g/mol. The molecule has 0 atom stereocenters. The average Bonchev–Trinajstić information content (AvgIpc) is 1.64. The van der Waals surface area contributed by atoms with Crippen molar-refractivity contribution in [1.82, 2.24) is 0 Å². The Morgan fingerprint density at radius 3 is 1.88 bits per heavy atom. The third-order valence-electron chi connectivity index (χ3n) is 1.08. The van der Waals surface area contributed by atoms with E-state index in [2.05, 4.69) is 26.0 Å². The monoisotopic (exact) mass is 105 g/mol. The molecule has 0 heterocycles. The topological polar surface area (TPSA) is 0 Å². The molecule has 0 bridgehead atoms. The minimum absolute atomic E-state index is 1.28. The third-order valence-corrected chi connectivity index (χ3v) is 1.08. The van der Waals surface area contributed by atoms with Gasteiger partial charge in [-0.1, -0.05) is 29.3 Å². The van der Waals surface area contributed by atoms with Crippen LogP contribution in [-0.2, 0) is 0 Å². The van der Waals surface area contributed by atoms with Crippen molar-refractivity contribution in [1.29, 1.82) is 0 Å². The first-order valence-corrected chi connectivity index (χ1v) is 2.73. The van der Waals surface area contributed by atoms with Gasteiger partial charge in [-0.25, -0.2) is 0 Å². The van der Waals surface area contributed by atoms with Crippen LogP contribution in [0.1, 0.15) is 11.1 Å². The van der Waals surface area contributed by atoms with Crippen molar-refractivity contribution in [3.8, 4) is 0 Å². The molecule has 8 heavy (non-hydrogen) atoms. The SMILES string of the molecule is Cc1c[c]cc(C)c1. The van der Waals surface area contributed by atoms with Crippen molar-refractivity contribution in [2.45, 2.75) is 13.8 Å². The van der Waals surface area contributed by atoms with E-state index < -0.39 is 0 Å². The Hall–Kier alpha value is -0.780. The molecule has 0 saturated heterocycles. The van der Waals surface area contributed by atoms with Gasteiger partial charge in [0, 0.05) is 0 Å². The van der Waals surface area contributed by atoms with Gasteiger partial charge in [-0.05, 0) is 19.9 Å². The second-order valence-electron chi connectivity index (χ2n) is 2.09. The minimum atomic E-state index is 1.28. The van der Waals surface area contributed by atoms with Crippen LogP contribution in [0.15, 0.2) is 18.2 Å². The lowest BCUT2D eigenvalue weighted by Gasteiger charge is -1.90. The molecule has 0 saturated carbocycles. The molecule has 0 unspecified atom stereocenters. The standard InChI is InChI=1S/C8H9/c1-7-4-3-5-8(2)6-7/h4-6H,1-2H3. The summed E-state index contributed by atoms with van der Waals surface area (Å²) in [5, 5.41) is 0. The van der Waals surface area contributed by atoms with Gasteiger partial charge in [0.1, 0.15) is 0 Å². The maximum absolute atomic E-state index is 3.03. The highest BCUT2D eigenvalue weighted by molar-refractivity contribution is 5.19. The Kier molecular flexibility index (Phi) is 1.34. The van der Waals surface area contributed by atoms with Crippen LogP contribution in [0.3, 0.4) is 0 Å². The van der Waals surface area contributed by atoms with E-state index >= 15 is 0 Å². The van der Waals surface area contributed by atoms with Crippen LogP contribution in [0.5, 0.6) is 0 Å². The fourth-order valence-corrected chi connectivity index (χ4v) is 0.747. The van der Waals surface area contributed by atoms with E-state index in [9.17, 15) is 0 Å². The third kappa shape index (κ3) is 1.09. The first kappa shape index (κ1) is 5.36. The second-order valence-corrected chi connectivity index (χ2v) is 2.09. The van der Waals surface area contributed by atoms with Gasteiger partial charge in [0.25, 0.3) is 0 Å². The van der Waals surface area contributed by atoms with Crippen LogP contribution in [-0.4, -0.2) is 0 Å². The van der Waals surface area contributed by atoms with Crippen LogP contribution >= 0.6 is 0 Å². The van der Waals surface area contributed by atoms with Gasteiger partial charge in [-0.3, -0.25) is 0 Å². The Morgan fingerprint density at radius 1 is 1.12 bits per heavy atom. The predicted molar refractivity (Wildman–Crippen MR) is 34.8 cm³/mol. The summed E-state index contributed by atoms with van der Waals surface area (Å²) in [6.07, 6.45) is 0. The zero-order valence-corrected chi connectivity index (χ0v) is 5.23. The van der Waals surface area contributed by atoms with Crippen molar-refractivity contribution in [2.75, 3.05) is 0 Å². The van der Waals surface area contributed by atoms with E-state index in [1.54, 1.807) is 0 Å². The van der Waals surface area contributed by atoms with Crippen LogP contribution in [0.2, 0.25) is 0 Å². The van der Waals surface area contributed by atoms with Gasteiger partial charge < -0.3 is 0 Å². The second kappa shape index (κ2) is 1.99. The summed E-state index contributed by atoms with van der Waals surface area (Å²) >= 11 is 0. The minimum Gasteiger partial charge on any atom is -0.0563 e. The molecule has 1 aromatic carbocycles. The zero-order chi connectivity index (χ0) is 5.98. The lowest BCUT2D eigenvalue weighted by atomic mass is 10.2. The molecule has 41 valence electrons. The summed E-state index contributed by atoms with van der Waals surface area (Å²) in [7, 11) is 0. The van der Waals surface area contributed by atoms with Crippen molar-refractivity contribution in [2.24, 2.45) is 0 Å². The quantitative estimate of drug-likeness (QED) is 0.474. The fraction of sp³-hybridized carbons (Fsp3) is 0.250. The normalized spacial score (nSPS) is 9.25. The molecule has 0 nitrogen and oxygen atoms in total. The first-order chi connectivity index (χ1) is 3.79. The Labute approximate surface area is 50.2 Å². The van der Waals surface area contributed by atoms with Gasteiger partial charge in [0.2, 0.25) is 0 Å². The molecule has 0 amide bonds. The van der Waals surface area contributed by atoms with Crippen LogP contribution in [0.25, 0.3) is 0 Å². The Morgan fingerprint density at radius 2 is 1.62 bits per heavy atom. The predicted octanol–water partition coefficient (Wildman–Crippen LogP) is 2.10. The molecule has 0 aromatic heterocycles. The summed E-state index contributed by atoms with van der Waals surface area (Å²) in [6.45, 7) is 4.15. The molecular formula is C8H9. The molecule has 1 aromatic rings. The van der Waals surface area contributed by atoms with Crippen molar-refractivity contribution >= 4 is 0 Å². The number of hydrogen-bond donors (Lipinski definition) is 0. The van der Waals surface area contributed by atoms with E-state index in [1.807, 2.05) is 12.1 Å². The highest BCUT2D eigenvalue weighted by atomic mass is 13.9. The lowest BCUT2D eigenvalue weighted by Crippen LogP contribution is -1.72. The molecule has 0 fully saturated rings. The van der Waals surface area contributed by atoms with Crippen LogP contribution in [0.4, 0.5) is 0 Å². The molecule has 0 spiro atoms. The molecule has 0 aliphatic rings. The summed E-state index contributed by atoms with van der Waals surface area (Å²) < 4.78 is 0. The number of hydrogen-bond acceptors (Lipinski definition) is 0. The maximum atomic E-state index is 3.03. The molecule has 0 N–H and O–H groups in total. The summed E-state index contributed by atoms with van der Waals surface area (Å²) in [5.74, 6) is 0. The molecule has 0 aliphatic heterocycles. The van der Waals surface area contributed by atoms with Gasteiger partial charge >= 0.3 is 0 Å². The van der Waals surface area contributed by atoms with Gasteiger partial charge in [-0.2, -0.15) is 0 Å². The Bertz CT molecular complexity index is 160. The maximum Gasteiger partial charge on any atom is -0.0179 e. The number of rotatable bonds is 0. The van der Waals surface area contributed by atoms with Crippen molar-refractivity contribution in [3.05, 3.63) is 35.4 Å². The van der Waals surface area contributed by atoms with Crippen LogP contribution < -0.4 is 0 Å². The zero-order valence-electron chi connectivity index (χ0n) is 5.23. The molecule has 1 rings (SSSR count). The van der Waals surface area contributed by atoms with E-state index in [0.717, 1.165) is 0 Å². The molecule has 1 radical (unpaired) electrons. The van der Waals surface area contributed by atoms with Crippen molar-refractivity contribution in [3.63, 3.8) is 0 Å². The highest BCUT2D eigenvalue weighted by Gasteiger charge is 1.81. The largest absolute Gasteiger partial charge is 0.0563 e. The highest BCUT2D eigenvalue weighted by Crippen LogP contribution is 1.99. The molecule has 0 aliphatic carbocycles. The van der Waals surface area contributed by atoms with E-state index in [-0.39, 0.29) is 0 Å². The van der Waals surface area contributed by atoms with Gasteiger partial charge in [-0.15, -0.1) is 0 Å². The molecule has 0 heteroatoms. The fourth-order valence-electron chi connectivity index (χ4n) is 0.747. The van der Waals surface area contributed by atoms with E-state index in [1.165, 1.54) is 11.1 Å². The lowest BCUT2D eigenvalue weighted by molar-refractivity contribution is 1.38. The van der Waals surface area contributed by atoms with E-state index in [4.69, 9.17) is 0 Å². The molecular weight excluding hydrogens is 96.1 g/mol.